The number of benzene rings is 1. The van der Waals surface area contributed by atoms with E-state index in [1.807, 2.05) is 35.2 Å². The van der Waals surface area contributed by atoms with Crippen molar-refractivity contribution in [3.05, 3.63) is 35.9 Å². The zero-order chi connectivity index (χ0) is 14.7. The predicted molar refractivity (Wildman–Crippen MR) is 82.7 cm³/mol. The average molecular weight is 287 g/mol. The first kappa shape index (κ1) is 14.7. The van der Waals surface area contributed by atoms with Crippen molar-refractivity contribution in [3.8, 4) is 0 Å². The Morgan fingerprint density at radius 3 is 2.33 bits per heavy atom. The van der Waals surface area contributed by atoms with Crippen LogP contribution in [-0.4, -0.2) is 28.9 Å². The second kappa shape index (κ2) is 6.29. The van der Waals surface area contributed by atoms with E-state index in [1.165, 1.54) is 12.8 Å². The van der Waals surface area contributed by atoms with Crippen LogP contribution < -0.4 is 0 Å². The molecule has 1 aliphatic carbocycles. The lowest BCUT2D eigenvalue weighted by Crippen LogP contribution is -2.51. The molecule has 3 nitrogen and oxygen atoms in total. The van der Waals surface area contributed by atoms with E-state index >= 15 is 0 Å². The van der Waals surface area contributed by atoms with Crippen molar-refractivity contribution in [2.24, 2.45) is 5.92 Å². The molecule has 114 valence electrons. The standard InChI is InChI=1S/C18H25NO2/c20-17(14-15-8-4-5-9-15)18(21,19-12-6-7-13-19)16-10-2-1-3-11-16/h1-3,10-11,15,21H,4-9,12-14H2. The smallest absolute Gasteiger partial charge is 0.205 e. The van der Waals surface area contributed by atoms with E-state index in [1.54, 1.807) is 0 Å². The summed E-state index contributed by atoms with van der Waals surface area (Å²) in [5.41, 5.74) is -0.685. The van der Waals surface area contributed by atoms with Crippen molar-refractivity contribution in [2.75, 3.05) is 13.1 Å². The molecule has 3 heteroatoms. The molecule has 0 amide bonds. The second-order valence-corrected chi connectivity index (χ2v) is 6.51. The predicted octanol–water partition coefficient (Wildman–Crippen LogP) is 3.08. The van der Waals surface area contributed by atoms with Crippen molar-refractivity contribution >= 4 is 5.78 Å². The van der Waals surface area contributed by atoms with Crippen LogP contribution in [0, 0.1) is 5.92 Å². The van der Waals surface area contributed by atoms with Gasteiger partial charge in [-0.25, -0.2) is 0 Å². The molecule has 1 atom stereocenters. The van der Waals surface area contributed by atoms with Gasteiger partial charge in [-0.2, -0.15) is 0 Å². The summed E-state index contributed by atoms with van der Waals surface area (Å²) in [4.78, 5) is 14.9. The summed E-state index contributed by atoms with van der Waals surface area (Å²) in [5.74, 6) is 0.456. The number of hydrogen-bond donors (Lipinski definition) is 1. The zero-order valence-corrected chi connectivity index (χ0v) is 12.6. The summed E-state index contributed by atoms with van der Waals surface area (Å²) in [6, 6.07) is 9.49. The normalized spacial score (nSPS) is 23.3. The summed E-state index contributed by atoms with van der Waals surface area (Å²) in [5, 5.41) is 11.3. The Bertz CT molecular complexity index is 475. The fourth-order valence-electron chi connectivity index (χ4n) is 3.85. The molecule has 2 fully saturated rings. The van der Waals surface area contributed by atoms with Crippen LogP contribution in [0.4, 0.5) is 0 Å². The number of aliphatic hydroxyl groups is 1. The molecular weight excluding hydrogens is 262 g/mol. The van der Waals surface area contributed by atoms with E-state index in [4.69, 9.17) is 0 Å². The SMILES string of the molecule is O=C(CC1CCCC1)C(O)(c1ccccc1)N1CCCC1. The van der Waals surface area contributed by atoms with E-state index in [9.17, 15) is 9.90 Å². The monoisotopic (exact) mass is 287 g/mol. The van der Waals surface area contributed by atoms with Crippen LogP contribution >= 0.6 is 0 Å². The Hall–Kier alpha value is -1.19. The molecule has 1 aromatic carbocycles. The summed E-state index contributed by atoms with van der Waals surface area (Å²) in [7, 11) is 0. The van der Waals surface area contributed by atoms with Crippen molar-refractivity contribution in [2.45, 2.75) is 50.7 Å². The van der Waals surface area contributed by atoms with Crippen molar-refractivity contribution in [3.63, 3.8) is 0 Å². The van der Waals surface area contributed by atoms with Crippen molar-refractivity contribution in [1.82, 2.24) is 4.90 Å². The highest BCUT2D eigenvalue weighted by Gasteiger charge is 2.44. The lowest BCUT2D eigenvalue weighted by molar-refractivity contribution is -0.163. The summed E-state index contributed by atoms with van der Waals surface area (Å²) in [6.07, 6.45) is 7.36. The number of Topliss-reactive ketones (excluding diaryl/α,β-unsaturated/α-hetero) is 1. The van der Waals surface area contributed by atoms with Gasteiger partial charge in [0.05, 0.1) is 0 Å². The molecule has 1 unspecified atom stereocenters. The quantitative estimate of drug-likeness (QED) is 0.904. The van der Waals surface area contributed by atoms with Gasteiger partial charge in [0.15, 0.2) is 5.78 Å². The number of likely N-dealkylation sites (tertiary alicyclic amines) is 1. The maximum atomic E-state index is 12.9. The lowest BCUT2D eigenvalue weighted by atomic mass is 9.89. The van der Waals surface area contributed by atoms with Gasteiger partial charge in [0, 0.05) is 25.1 Å². The van der Waals surface area contributed by atoms with Gasteiger partial charge >= 0.3 is 0 Å². The molecule has 2 aliphatic rings. The minimum absolute atomic E-state index is 0.0116. The van der Waals surface area contributed by atoms with Gasteiger partial charge in [0.1, 0.15) is 0 Å². The van der Waals surface area contributed by atoms with E-state index in [0.29, 0.717) is 12.3 Å². The van der Waals surface area contributed by atoms with Gasteiger partial charge < -0.3 is 5.11 Å². The number of carbonyl (C=O) groups is 1. The first-order chi connectivity index (χ1) is 10.2. The Balaban J connectivity index is 1.86. The second-order valence-electron chi connectivity index (χ2n) is 6.51. The Labute approximate surface area is 127 Å². The van der Waals surface area contributed by atoms with Crippen LogP contribution in [0.3, 0.4) is 0 Å². The van der Waals surface area contributed by atoms with Crippen LogP contribution in [0.5, 0.6) is 0 Å². The zero-order valence-electron chi connectivity index (χ0n) is 12.6. The number of rotatable bonds is 5. The number of hydrogen-bond acceptors (Lipinski definition) is 3. The molecule has 1 aliphatic heterocycles. The van der Waals surface area contributed by atoms with Crippen LogP contribution in [0.15, 0.2) is 30.3 Å². The molecule has 3 rings (SSSR count). The fraction of sp³-hybridized carbons (Fsp3) is 0.611. The number of ketones is 1. The Morgan fingerprint density at radius 1 is 1.10 bits per heavy atom. The third kappa shape index (κ3) is 2.90. The fourth-order valence-corrected chi connectivity index (χ4v) is 3.85. The van der Waals surface area contributed by atoms with Gasteiger partial charge in [0.2, 0.25) is 5.72 Å². The van der Waals surface area contributed by atoms with Crippen molar-refractivity contribution in [1.29, 1.82) is 0 Å². The molecule has 21 heavy (non-hydrogen) atoms. The molecular formula is C18H25NO2. The molecule has 1 aromatic rings. The molecule has 0 aromatic heterocycles. The summed E-state index contributed by atoms with van der Waals surface area (Å²) >= 11 is 0. The first-order valence-electron chi connectivity index (χ1n) is 8.27. The summed E-state index contributed by atoms with van der Waals surface area (Å²) in [6.45, 7) is 1.61. The van der Waals surface area contributed by atoms with E-state index in [2.05, 4.69) is 0 Å². The molecule has 0 radical (unpaired) electrons. The van der Waals surface area contributed by atoms with Gasteiger partial charge in [-0.15, -0.1) is 0 Å². The van der Waals surface area contributed by atoms with E-state index in [-0.39, 0.29) is 5.78 Å². The maximum Gasteiger partial charge on any atom is 0.205 e. The molecule has 1 heterocycles. The van der Waals surface area contributed by atoms with Crippen LogP contribution in [-0.2, 0) is 10.5 Å². The highest BCUT2D eigenvalue weighted by Crippen LogP contribution is 2.35. The van der Waals surface area contributed by atoms with E-state index in [0.717, 1.165) is 44.3 Å². The molecule has 1 saturated heterocycles. The maximum absolute atomic E-state index is 12.9. The van der Waals surface area contributed by atoms with Gasteiger partial charge in [-0.05, 0) is 18.8 Å². The molecule has 0 bridgehead atoms. The minimum atomic E-state index is -1.42. The minimum Gasteiger partial charge on any atom is -0.365 e. The van der Waals surface area contributed by atoms with Gasteiger partial charge in [0.25, 0.3) is 0 Å². The van der Waals surface area contributed by atoms with Crippen LogP contribution in [0.2, 0.25) is 0 Å². The first-order valence-corrected chi connectivity index (χ1v) is 8.27. The third-order valence-electron chi connectivity index (χ3n) is 5.08. The average Bonchev–Trinajstić information content (AvgIpc) is 3.20. The Kier molecular flexibility index (Phi) is 4.41. The highest BCUT2D eigenvalue weighted by atomic mass is 16.3. The largest absolute Gasteiger partial charge is 0.365 e. The third-order valence-corrected chi connectivity index (χ3v) is 5.08. The van der Waals surface area contributed by atoms with Gasteiger partial charge in [-0.1, -0.05) is 56.0 Å². The molecule has 0 spiro atoms. The van der Waals surface area contributed by atoms with Gasteiger partial charge in [-0.3, -0.25) is 9.69 Å². The summed E-state index contributed by atoms with van der Waals surface area (Å²) < 4.78 is 0. The van der Waals surface area contributed by atoms with Crippen LogP contribution in [0.1, 0.15) is 50.5 Å². The number of carbonyl (C=O) groups excluding carboxylic acids is 1. The lowest BCUT2D eigenvalue weighted by Gasteiger charge is -2.36. The molecule has 1 saturated carbocycles. The molecule has 1 N–H and O–H groups in total. The Morgan fingerprint density at radius 2 is 1.71 bits per heavy atom. The number of nitrogens with zero attached hydrogens (tertiary/aromatic N) is 1. The topological polar surface area (TPSA) is 40.5 Å². The highest BCUT2D eigenvalue weighted by molar-refractivity contribution is 5.88. The van der Waals surface area contributed by atoms with E-state index < -0.39 is 5.72 Å². The van der Waals surface area contributed by atoms with Crippen LogP contribution in [0.25, 0.3) is 0 Å². The van der Waals surface area contributed by atoms with Crippen molar-refractivity contribution < 1.29 is 9.90 Å².